The fraction of sp³-hybridized carbons (Fsp3) is 0.647. The summed E-state index contributed by atoms with van der Waals surface area (Å²) < 4.78 is 11.8. The molecule has 3 rings (SSSR count). The summed E-state index contributed by atoms with van der Waals surface area (Å²) in [6.45, 7) is 12.0. The van der Waals surface area contributed by atoms with Crippen molar-refractivity contribution in [3.8, 4) is 11.5 Å². The minimum absolute atomic E-state index is 0.150. The number of piperazine rings is 1. The van der Waals surface area contributed by atoms with Crippen LogP contribution in [0.3, 0.4) is 0 Å². The summed E-state index contributed by atoms with van der Waals surface area (Å²) in [6.07, 6.45) is 0.150. The number of nitrogens with zero attached hydrogens (tertiary/aromatic N) is 2. The molecule has 4 heteroatoms. The molecule has 0 spiro atoms. The molecule has 116 valence electrons. The molecule has 0 radical (unpaired) electrons. The van der Waals surface area contributed by atoms with Crippen LogP contribution in [0.5, 0.6) is 11.5 Å². The number of hydrogen-bond acceptors (Lipinski definition) is 4. The van der Waals surface area contributed by atoms with E-state index in [2.05, 4.69) is 23.6 Å². The fourth-order valence-corrected chi connectivity index (χ4v) is 3.11. The van der Waals surface area contributed by atoms with E-state index < -0.39 is 0 Å². The van der Waals surface area contributed by atoms with Crippen molar-refractivity contribution in [3.05, 3.63) is 24.3 Å². The van der Waals surface area contributed by atoms with Crippen LogP contribution in [0, 0.1) is 5.92 Å². The van der Waals surface area contributed by atoms with Crippen molar-refractivity contribution in [3.63, 3.8) is 0 Å². The summed E-state index contributed by atoms with van der Waals surface area (Å²) in [4.78, 5) is 5.06. The highest BCUT2D eigenvalue weighted by atomic mass is 16.6. The highest BCUT2D eigenvalue weighted by Gasteiger charge is 2.25. The van der Waals surface area contributed by atoms with Gasteiger partial charge in [-0.1, -0.05) is 26.0 Å². The van der Waals surface area contributed by atoms with Gasteiger partial charge in [0.15, 0.2) is 11.5 Å². The van der Waals surface area contributed by atoms with Gasteiger partial charge in [0.1, 0.15) is 12.7 Å². The second-order valence-electron chi connectivity index (χ2n) is 6.49. The van der Waals surface area contributed by atoms with Crippen molar-refractivity contribution >= 4 is 0 Å². The first-order valence-corrected chi connectivity index (χ1v) is 8.04. The Kier molecular flexibility index (Phi) is 4.66. The molecule has 2 aliphatic rings. The van der Waals surface area contributed by atoms with E-state index in [9.17, 15) is 0 Å². The zero-order valence-electron chi connectivity index (χ0n) is 13.1. The van der Waals surface area contributed by atoms with Crippen LogP contribution in [-0.4, -0.2) is 61.8 Å². The molecule has 0 N–H and O–H groups in total. The Labute approximate surface area is 127 Å². The van der Waals surface area contributed by atoms with Crippen molar-refractivity contribution in [2.45, 2.75) is 20.0 Å². The molecule has 1 saturated heterocycles. The smallest absolute Gasteiger partial charge is 0.161 e. The van der Waals surface area contributed by atoms with Gasteiger partial charge in [0.2, 0.25) is 0 Å². The van der Waals surface area contributed by atoms with E-state index in [1.807, 2.05) is 24.3 Å². The van der Waals surface area contributed by atoms with Crippen molar-refractivity contribution < 1.29 is 9.47 Å². The standard InChI is InChI=1S/C17H26N2O2/c1-14(2)11-18-7-9-19(10-8-18)12-15-13-20-16-5-3-4-6-17(16)21-15/h3-6,14-15H,7-13H2,1-2H3/t15-/m1/s1. The van der Waals surface area contributed by atoms with Gasteiger partial charge in [0, 0.05) is 39.3 Å². The molecule has 0 saturated carbocycles. The quantitative estimate of drug-likeness (QED) is 0.848. The van der Waals surface area contributed by atoms with Crippen LogP contribution in [0.25, 0.3) is 0 Å². The second kappa shape index (κ2) is 6.67. The van der Waals surface area contributed by atoms with Crippen LogP contribution in [-0.2, 0) is 0 Å². The van der Waals surface area contributed by atoms with E-state index in [4.69, 9.17) is 9.47 Å². The van der Waals surface area contributed by atoms with Crippen LogP contribution < -0.4 is 9.47 Å². The Bertz CT molecular complexity index is 456. The first kappa shape index (κ1) is 14.7. The van der Waals surface area contributed by atoms with Gasteiger partial charge in [-0.05, 0) is 18.1 Å². The lowest BCUT2D eigenvalue weighted by Crippen LogP contribution is -2.51. The van der Waals surface area contributed by atoms with E-state index in [0.29, 0.717) is 6.61 Å². The number of hydrogen-bond donors (Lipinski definition) is 0. The second-order valence-corrected chi connectivity index (χ2v) is 6.49. The number of benzene rings is 1. The molecule has 1 aromatic carbocycles. The number of fused-ring (bicyclic) bond motifs is 1. The number of para-hydroxylation sites is 2. The molecule has 0 aliphatic carbocycles. The minimum atomic E-state index is 0.150. The topological polar surface area (TPSA) is 24.9 Å². The Morgan fingerprint density at radius 1 is 1.05 bits per heavy atom. The third-order valence-corrected chi connectivity index (χ3v) is 4.12. The summed E-state index contributed by atoms with van der Waals surface area (Å²) in [6, 6.07) is 7.93. The lowest BCUT2D eigenvalue weighted by Gasteiger charge is -2.37. The Balaban J connectivity index is 1.46. The maximum Gasteiger partial charge on any atom is 0.161 e. The van der Waals surface area contributed by atoms with E-state index in [1.165, 1.54) is 19.6 Å². The van der Waals surface area contributed by atoms with Gasteiger partial charge in [-0.3, -0.25) is 4.90 Å². The molecule has 4 nitrogen and oxygen atoms in total. The average Bonchev–Trinajstić information content (AvgIpc) is 2.49. The SMILES string of the molecule is CC(C)CN1CCN(C[C@@H]2COc3ccccc3O2)CC1. The van der Waals surface area contributed by atoms with Crippen LogP contribution >= 0.6 is 0 Å². The van der Waals surface area contributed by atoms with Gasteiger partial charge in [0.05, 0.1) is 0 Å². The van der Waals surface area contributed by atoms with Gasteiger partial charge in [-0.25, -0.2) is 0 Å². The van der Waals surface area contributed by atoms with Crippen LogP contribution in [0.1, 0.15) is 13.8 Å². The first-order valence-electron chi connectivity index (χ1n) is 8.04. The highest BCUT2D eigenvalue weighted by Crippen LogP contribution is 2.31. The normalized spacial score (nSPS) is 23.5. The van der Waals surface area contributed by atoms with E-state index in [1.54, 1.807) is 0 Å². The Hall–Kier alpha value is -1.26. The van der Waals surface area contributed by atoms with Gasteiger partial charge < -0.3 is 14.4 Å². The molecule has 1 fully saturated rings. The zero-order valence-corrected chi connectivity index (χ0v) is 13.1. The van der Waals surface area contributed by atoms with Gasteiger partial charge in [-0.15, -0.1) is 0 Å². The van der Waals surface area contributed by atoms with E-state index >= 15 is 0 Å². The first-order chi connectivity index (χ1) is 10.2. The zero-order chi connectivity index (χ0) is 14.7. The maximum atomic E-state index is 6.05. The summed E-state index contributed by atoms with van der Waals surface area (Å²) >= 11 is 0. The summed E-state index contributed by atoms with van der Waals surface area (Å²) in [5.74, 6) is 2.51. The Morgan fingerprint density at radius 3 is 2.43 bits per heavy atom. The van der Waals surface area contributed by atoms with Crippen molar-refractivity contribution in [2.24, 2.45) is 5.92 Å². The molecular weight excluding hydrogens is 264 g/mol. The third-order valence-electron chi connectivity index (χ3n) is 4.12. The van der Waals surface area contributed by atoms with Gasteiger partial charge in [0.25, 0.3) is 0 Å². The molecule has 0 unspecified atom stereocenters. The van der Waals surface area contributed by atoms with E-state index in [-0.39, 0.29) is 6.10 Å². The van der Waals surface area contributed by atoms with E-state index in [0.717, 1.165) is 37.1 Å². The monoisotopic (exact) mass is 290 g/mol. The third kappa shape index (κ3) is 3.89. The summed E-state index contributed by atoms with van der Waals surface area (Å²) in [5.41, 5.74) is 0. The molecule has 21 heavy (non-hydrogen) atoms. The largest absolute Gasteiger partial charge is 0.486 e. The van der Waals surface area contributed by atoms with Crippen molar-refractivity contribution in [1.82, 2.24) is 9.80 Å². The van der Waals surface area contributed by atoms with Crippen LogP contribution in [0.4, 0.5) is 0 Å². The van der Waals surface area contributed by atoms with Crippen LogP contribution in [0.15, 0.2) is 24.3 Å². The summed E-state index contributed by atoms with van der Waals surface area (Å²) in [7, 11) is 0. The molecule has 0 amide bonds. The van der Waals surface area contributed by atoms with Gasteiger partial charge in [-0.2, -0.15) is 0 Å². The fourth-order valence-electron chi connectivity index (χ4n) is 3.11. The predicted octanol–water partition coefficient (Wildman–Crippen LogP) is 2.10. The van der Waals surface area contributed by atoms with Crippen LogP contribution in [0.2, 0.25) is 0 Å². The maximum absolute atomic E-state index is 6.05. The predicted molar refractivity (Wildman–Crippen MR) is 84.1 cm³/mol. The molecule has 0 bridgehead atoms. The Morgan fingerprint density at radius 2 is 1.71 bits per heavy atom. The lowest BCUT2D eigenvalue weighted by atomic mass is 10.2. The molecule has 1 atom stereocenters. The lowest BCUT2D eigenvalue weighted by molar-refractivity contribution is 0.0386. The van der Waals surface area contributed by atoms with Crippen molar-refractivity contribution in [2.75, 3.05) is 45.9 Å². The molecule has 0 aromatic heterocycles. The molecule has 2 aliphatic heterocycles. The number of rotatable bonds is 4. The van der Waals surface area contributed by atoms with Gasteiger partial charge >= 0.3 is 0 Å². The number of ether oxygens (including phenoxy) is 2. The average molecular weight is 290 g/mol. The molecule has 1 aromatic rings. The molecular formula is C17H26N2O2. The highest BCUT2D eigenvalue weighted by molar-refractivity contribution is 5.40. The summed E-state index contributed by atoms with van der Waals surface area (Å²) in [5, 5.41) is 0. The minimum Gasteiger partial charge on any atom is -0.486 e. The molecule has 2 heterocycles. The van der Waals surface area contributed by atoms with Crippen molar-refractivity contribution in [1.29, 1.82) is 0 Å².